The molecule has 0 unspecified atom stereocenters. The highest BCUT2D eigenvalue weighted by Gasteiger charge is 2.03. The van der Waals surface area contributed by atoms with Gasteiger partial charge in [-0.05, 0) is 61.0 Å². The van der Waals surface area contributed by atoms with E-state index in [4.69, 9.17) is 4.74 Å². The Morgan fingerprint density at radius 2 is 1.58 bits per heavy atom. The van der Waals surface area contributed by atoms with E-state index < -0.39 is 0 Å². The molecule has 0 spiro atoms. The Bertz CT molecular complexity index is 846. The molecular formula is C22H22N2O2. The Morgan fingerprint density at radius 3 is 2.31 bits per heavy atom. The molecule has 0 radical (unpaired) electrons. The Labute approximate surface area is 153 Å². The summed E-state index contributed by atoms with van der Waals surface area (Å²) in [4.78, 5) is 12.1. The molecule has 0 aliphatic rings. The highest BCUT2D eigenvalue weighted by molar-refractivity contribution is 5.91. The van der Waals surface area contributed by atoms with E-state index in [9.17, 15) is 4.79 Å². The van der Waals surface area contributed by atoms with Crippen molar-refractivity contribution in [2.75, 3.05) is 17.2 Å². The lowest BCUT2D eigenvalue weighted by atomic mass is 10.2. The van der Waals surface area contributed by atoms with Crippen molar-refractivity contribution in [3.05, 3.63) is 84.4 Å². The number of carbonyl (C=O) groups is 1. The van der Waals surface area contributed by atoms with E-state index in [1.807, 2.05) is 79.7 Å². The smallest absolute Gasteiger partial charge is 0.226 e. The summed E-state index contributed by atoms with van der Waals surface area (Å²) < 4.78 is 5.74. The molecule has 4 heteroatoms. The second kappa shape index (κ2) is 8.72. The van der Waals surface area contributed by atoms with Gasteiger partial charge in [0.2, 0.25) is 5.91 Å². The van der Waals surface area contributed by atoms with E-state index in [2.05, 4.69) is 16.7 Å². The van der Waals surface area contributed by atoms with Crippen LogP contribution in [0.2, 0.25) is 0 Å². The topological polar surface area (TPSA) is 50.4 Å². The van der Waals surface area contributed by atoms with Crippen LogP contribution in [0.1, 0.15) is 12.0 Å². The van der Waals surface area contributed by atoms with E-state index >= 15 is 0 Å². The molecule has 3 aromatic carbocycles. The minimum atomic E-state index is -0.0260. The van der Waals surface area contributed by atoms with Gasteiger partial charge in [0.1, 0.15) is 11.5 Å². The van der Waals surface area contributed by atoms with Gasteiger partial charge in [-0.1, -0.05) is 30.3 Å². The number of carbonyl (C=O) groups excluding carboxylic acids is 1. The van der Waals surface area contributed by atoms with E-state index in [1.165, 1.54) is 5.56 Å². The molecule has 1 amide bonds. The zero-order valence-electron chi connectivity index (χ0n) is 14.7. The zero-order chi connectivity index (χ0) is 18.2. The molecule has 0 fully saturated rings. The molecule has 0 aliphatic carbocycles. The fraction of sp³-hybridized carbons (Fsp3) is 0.136. The van der Waals surface area contributed by atoms with Crippen LogP contribution in [0.4, 0.5) is 11.4 Å². The molecule has 132 valence electrons. The lowest BCUT2D eigenvalue weighted by molar-refractivity contribution is -0.115. The van der Waals surface area contributed by atoms with Crippen molar-refractivity contribution in [1.29, 1.82) is 0 Å². The largest absolute Gasteiger partial charge is 0.457 e. The van der Waals surface area contributed by atoms with Crippen molar-refractivity contribution in [2.24, 2.45) is 0 Å². The third kappa shape index (κ3) is 5.38. The third-order valence-corrected chi connectivity index (χ3v) is 3.82. The predicted molar refractivity (Wildman–Crippen MR) is 106 cm³/mol. The van der Waals surface area contributed by atoms with Crippen LogP contribution in [0.5, 0.6) is 11.5 Å². The predicted octanol–water partition coefficient (Wildman–Crippen LogP) is 5.23. The van der Waals surface area contributed by atoms with Gasteiger partial charge >= 0.3 is 0 Å². The molecule has 0 aromatic heterocycles. The zero-order valence-corrected chi connectivity index (χ0v) is 14.7. The first kappa shape index (κ1) is 17.5. The molecule has 0 saturated heterocycles. The highest BCUT2D eigenvalue weighted by Crippen LogP contribution is 2.22. The van der Waals surface area contributed by atoms with Crippen LogP contribution < -0.4 is 15.4 Å². The molecule has 0 heterocycles. The molecule has 3 aromatic rings. The number of para-hydroxylation sites is 1. The van der Waals surface area contributed by atoms with Gasteiger partial charge in [-0.3, -0.25) is 4.79 Å². The Balaban J connectivity index is 1.45. The summed E-state index contributed by atoms with van der Waals surface area (Å²) in [6.45, 7) is 2.63. The molecule has 0 atom stereocenters. The van der Waals surface area contributed by atoms with E-state index in [0.717, 1.165) is 22.9 Å². The van der Waals surface area contributed by atoms with E-state index in [-0.39, 0.29) is 5.91 Å². The molecule has 4 nitrogen and oxygen atoms in total. The maximum atomic E-state index is 12.1. The van der Waals surface area contributed by atoms with Gasteiger partial charge in [-0.15, -0.1) is 0 Å². The van der Waals surface area contributed by atoms with Crippen molar-refractivity contribution in [3.63, 3.8) is 0 Å². The summed E-state index contributed by atoms with van der Waals surface area (Å²) in [6.07, 6.45) is 0.399. The van der Waals surface area contributed by atoms with Crippen LogP contribution >= 0.6 is 0 Å². The quantitative estimate of drug-likeness (QED) is 0.616. The fourth-order valence-electron chi connectivity index (χ4n) is 2.53. The minimum Gasteiger partial charge on any atom is -0.457 e. The summed E-state index contributed by atoms with van der Waals surface area (Å²) in [6, 6.07) is 25.0. The molecule has 2 N–H and O–H groups in total. The third-order valence-electron chi connectivity index (χ3n) is 3.82. The number of hydrogen-bond acceptors (Lipinski definition) is 3. The summed E-state index contributed by atoms with van der Waals surface area (Å²) in [5, 5.41) is 6.15. The first-order chi connectivity index (χ1) is 12.7. The fourth-order valence-corrected chi connectivity index (χ4v) is 2.53. The van der Waals surface area contributed by atoms with Gasteiger partial charge in [-0.25, -0.2) is 0 Å². The molecule has 26 heavy (non-hydrogen) atoms. The summed E-state index contributed by atoms with van der Waals surface area (Å²) >= 11 is 0. The van der Waals surface area contributed by atoms with Crippen molar-refractivity contribution in [1.82, 2.24) is 0 Å². The average Bonchev–Trinajstić information content (AvgIpc) is 2.64. The monoisotopic (exact) mass is 346 g/mol. The normalized spacial score (nSPS) is 10.2. The number of ether oxygens (including phenoxy) is 1. The van der Waals surface area contributed by atoms with E-state index in [0.29, 0.717) is 13.0 Å². The number of rotatable bonds is 7. The van der Waals surface area contributed by atoms with Crippen LogP contribution in [0.25, 0.3) is 0 Å². The second-order valence-corrected chi connectivity index (χ2v) is 6.03. The molecule has 0 saturated carbocycles. The molecular weight excluding hydrogens is 324 g/mol. The first-order valence-electron chi connectivity index (χ1n) is 8.62. The Hall–Kier alpha value is -3.27. The lowest BCUT2D eigenvalue weighted by Gasteiger charge is -2.09. The van der Waals surface area contributed by atoms with Crippen molar-refractivity contribution < 1.29 is 9.53 Å². The number of nitrogens with one attached hydrogen (secondary N) is 2. The van der Waals surface area contributed by atoms with Crippen LogP contribution in [0, 0.1) is 6.92 Å². The number of aryl methyl sites for hydroxylation is 1. The molecule has 0 aliphatic heterocycles. The van der Waals surface area contributed by atoms with Crippen LogP contribution in [-0.4, -0.2) is 12.5 Å². The van der Waals surface area contributed by atoms with Gasteiger partial charge in [0.05, 0.1) is 0 Å². The van der Waals surface area contributed by atoms with Crippen molar-refractivity contribution in [3.8, 4) is 11.5 Å². The van der Waals surface area contributed by atoms with Gasteiger partial charge in [0.15, 0.2) is 0 Å². The van der Waals surface area contributed by atoms with Crippen molar-refractivity contribution in [2.45, 2.75) is 13.3 Å². The van der Waals surface area contributed by atoms with Crippen molar-refractivity contribution >= 4 is 17.3 Å². The lowest BCUT2D eigenvalue weighted by Crippen LogP contribution is -2.16. The second-order valence-electron chi connectivity index (χ2n) is 6.03. The molecule has 0 bridgehead atoms. The summed E-state index contributed by atoms with van der Waals surface area (Å²) in [5.74, 6) is 1.49. The van der Waals surface area contributed by atoms with Gasteiger partial charge in [-0.2, -0.15) is 0 Å². The maximum Gasteiger partial charge on any atom is 0.226 e. The number of benzene rings is 3. The maximum absolute atomic E-state index is 12.1. The minimum absolute atomic E-state index is 0.0260. The van der Waals surface area contributed by atoms with Gasteiger partial charge < -0.3 is 15.4 Å². The number of amides is 1. The Morgan fingerprint density at radius 1 is 0.846 bits per heavy atom. The molecule has 3 rings (SSSR count). The Kier molecular flexibility index (Phi) is 5.88. The van der Waals surface area contributed by atoms with E-state index in [1.54, 1.807) is 0 Å². The number of hydrogen-bond donors (Lipinski definition) is 2. The van der Waals surface area contributed by atoms with Crippen LogP contribution in [-0.2, 0) is 4.79 Å². The highest BCUT2D eigenvalue weighted by atomic mass is 16.5. The SMILES string of the molecule is Cc1cccc(NCCC(=O)Nc2ccc(Oc3ccccc3)cc2)c1. The van der Waals surface area contributed by atoms with Crippen LogP contribution in [0.15, 0.2) is 78.9 Å². The summed E-state index contributed by atoms with van der Waals surface area (Å²) in [7, 11) is 0. The number of anilines is 2. The first-order valence-corrected chi connectivity index (χ1v) is 8.62. The standard InChI is InChI=1S/C22H22N2O2/c1-17-6-5-7-19(16-17)23-15-14-22(25)24-18-10-12-21(13-11-18)26-20-8-3-2-4-9-20/h2-13,16,23H,14-15H2,1H3,(H,24,25). The summed E-state index contributed by atoms with van der Waals surface area (Å²) in [5.41, 5.74) is 2.98. The van der Waals surface area contributed by atoms with Crippen LogP contribution in [0.3, 0.4) is 0 Å². The average molecular weight is 346 g/mol. The van der Waals surface area contributed by atoms with Gasteiger partial charge in [0, 0.05) is 24.3 Å². The van der Waals surface area contributed by atoms with Gasteiger partial charge in [0.25, 0.3) is 0 Å².